The Morgan fingerprint density at radius 2 is 1.86 bits per heavy atom. The molecule has 2 aromatic carbocycles. The van der Waals surface area contributed by atoms with Crippen LogP contribution in [0, 0.1) is 11.3 Å². The first-order valence-corrected chi connectivity index (χ1v) is 12.4. The topological polar surface area (TPSA) is 84.4 Å². The van der Waals surface area contributed by atoms with Crippen molar-refractivity contribution < 1.29 is 8.83 Å². The van der Waals surface area contributed by atoms with E-state index in [0.29, 0.717) is 12.0 Å². The predicted octanol–water partition coefficient (Wildman–Crippen LogP) is 2.67. The molecule has 8 heteroatoms. The number of benzene rings is 2. The molecule has 0 aliphatic heterocycles. The zero-order chi connectivity index (χ0) is 19.8. The zero-order valence-corrected chi connectivity index (χ0v) is 22.7. The molecule has 0 saturated carbocycles. The van der Waals surface area contributed by atoms with E-state index < -0.39 is 0 Å². The van der Waals surface area contributed by atoms with Crippen LogP contribution in [0.2, 0.25) is 0 Å². The average Bonchev–Trinajstić information content (AvgIpc) is 3.20. The average molecular weight is 758 g/mol. The third-order valence-electron chi connectivity index (χ3n) is 4.52. The van der Waals surface area contributed by atoms with E-state index in [2.05, 4.69) is 17.1 Å². The van der Waals surface area contributed by atoms with Gasteiger partial charge in [-0.25, -0.2) is 4.79 Å². The Morgan fingerprint density at radius 3 is 2.57 bits per heavy atom. The Hall–Kier alpha value is -1.75. The molecule has 6 radical (unpaired) electrons. The molecule has 0 bridgehead atoms. The second-order valence-electron chi connectivity index (χ2n) is 6.40. The summed E-state index contributed by atoms with van der Waals surface area (Å²) >= 11 is 1.82. The standard InChI is InChI=1S/C20H13N3O3.2Pb/c1-22-15(11-21)10-16-8-14-7-12(3-5-18(14)25-16)13-4-6-19-17(9-13)23(2)20(24)26-19;;/h3-9,15H,10H2,2H3;;. The number of nitriles is 1. The molecule has 134 valence electrons. The minimum atomic E-state index is -0.380. The van der Waals surface area contributed by atoms with Gasteiger partial charge in [0.2, 0.25) is 0 Å². The van der Waals surface area contributed by atoms with E-state index in [4.69, 9.17) is 8.83 Å². The summed E-state index contributed by atoms with van der Waals surface area (Å²) in [7, 11) is 1.70. The van der Waals surface area contributed by atoms with Gasteiger partial charge in [-0.15, -0.1) is 0 Å². The molecule has 1 unspecified atom stereocenters. The van der Waals surface area contributed by atoms with Crippen LogP contribution in [0.25, 0.3) is 33.2 Å². The fourth-order valence-corrected chi connectivity index (χ4v) is 4.36. The van der Waals surface area contributed by atoms with Crippen LogP contribution in [-0.4, -0.2) is 63.0 Å². The van der Waals surface area contributed by atoms with Crippen molar-refractivity contribution >= 4 is 74.4 Å². The van der Waals surface area contributed by atoms with Crippen LogP contribution in [0.5, 0.6) is 0 Å². The minimum absolute atomic E-state index is 0.371. The van der Waals surface area contributed by atoms with Crippen molar-refractivity contribution in [2.24, 2.45) is 12.0 Å². The molecule has 0 amide bonds. The number of hydrogen-bond donors (Lipinski definition) is 0. The van der Waals surface area contributed by atoms with Crippen molar-refractivity contribution in [2.45, 2.75) is 12.5 Å². The normalized spacial score (nSPS) is 12.2. The van der Waals surface area contributed by atoms with E-state index >= 15 is 0 Å². The third kappa shape index (κ3) is 3.86. The molecule has 4 aromatic rings. The molecule has 0 saturated heterocycles. The van der Waals surface area contributed by atoms with Gasteiger partial charge in [-0.1, -0.05) is 0 Å². The quantitative estimate of drug-likeness (QED) is 0.237. The van der Waals surface area contributed by atoms with Gasteiger partial charge in [-0.3, -0.25) is 4.57 Å². The fourth-order valence-electron chi connectivity index (χ4n) is 3.15. The summed E-state index contributed by atoms with van der Waals surface area (Å²) in [6.07, 6.45) is 0.484. The van der Waals surface area contributed by atoms with Crippen LogP contribution in [0.15, 0.2) is 61.1 Å². The molecule has 0 aliphatic carbocycles. The monoisotopic (exact) mass is 759 g/mol. The van der Waals surface area contributed by atoms with E-state index in [1.165, 1.54) is 4.57 Å². The molecule has 6 nitrogen and oxygen atoms in total. The number of aliphatic imine (C=N–C) groups is 1. The third-order valence-corrected chi connectivity index (χ3v) is 5.52. The zero-order valence-electron chi connectivity index (χ0n) is 14.9. The molecule has 1 atom stereocenters. The summed E-state index contributed by atoms with van der Waals surface area (Å²) in [6, 6.07) is 15.5. The van der Waals surface area contributed by atoms with Crippen molar-refractivity contribution in [2.75, 3.05) is 0 Å². The Balaban J connectivity index is 1.70. The summed E-state index contributed by atoms with van der Waals surface area (Å²) in [6.45, 7) is 0. The Labute approximate surface area is 192 Å². The van der Waals surface area contributed by atoms with Crippen molar-refractivity contribution in [3.8, 4) is 17.2 Å². The van der Waals surface area contributed by atoms with Gasteiger partial charge < -0.3 is 4.42 Å². The molecular weight excluding hydrogens is 745 g/mol. The molecule has 0 N–H and O–H groups in total. The second-order valence-corrected chi connectivity index (χ2v) is 17.6. The number of nitrogens with zero attached hydrogens (tertiary/aromatic N) is 3. The molecular formula is C20H13N3O3Pb2. The van der Waals surface area contributed by atoms with Crippen molar-refractivity contribution in [3.05, 3.63) is 58.8 Å². The summed E-state index contributed by atoms with van der Waals surface area (Å²) in [5.41, 5.74) is 4.13. The van der Waals surface area contributed by atoms with Gasteiger partial charge in [0.1, 0.15) is 0 Å². The van der Waals surface area contributed by atoms with Crippen molar-refractivity contribution in [3.63, 3.8) is 0 Å². The second kappa shape index (κ2) is 7.94. The van der Waals surface area contributed by atoms with E-state index in [0.717, 1.165) is 85.7 Å². The van der Waals surface area contributed by atoms with Gasteiger partial charge >= 0.3 is 167 Å². The first-order chi connectivity index (χ1) is 13.4. The van der Waals surface area contributed by atoms with Gasteiger partial charge in [-0.2, -0.15) is 0 Å². The van der Waals surface area contributed by atoms with E-state index in [-0.39, 0.29) is 11.8 Å². The maximum absolute atomic E-state index is 11.7. The molecule has 0 spiro atoms. The van der Waals surface area contributed by atoms with Gasteiger partial charge in [0, 0.05) is 7.05 Å². The van der Waals surface area contributed by atoms with E-state index in [1.54, 1.807) is 7.05 Å². The predicted molar refractivity (Wildman–Crippen MR) is 109 cm³/mol. The number of fused-ring (bicyclic) bond motifs is 2. The molecule has 2 heterocycles. The van der Waals surface area contributed by atoms with E-state index in [9.17, 15) is 10.1 Å². The first kappa shape index (κ1) is 19.6. The summed E-state index contributed by atoms with van der Waals surface area (Å²) in [4.78, 5) is 16.1. The van der Waals surface area contributed by atoms with Crippen molar-refractivity contribution in [1.82, 2.24) is 4.57 Å². The fraction of sp³-hybridized carbons (Fsp3) is 0.150. The van der Waals surface area contributed by atoms with Crippen LogP contribution >= 0.6 is 0 Å². The van der Waals surface area contributed by atoms with Crippen LogP contribution in [-0.2, 0) is 13.5 Å². The SMILES string of the molecule is Cn1c(=O)oc2ccc(-c3ccc4oc(CC(C#N)N=[C]([Pb])[Pb])cc4c3)cc21. The van der Waals surface area contributed by atoms with Gasteiger partial charge in [-0.05, 0) is 0 Å². The van der Waals surface area contributed by atoms with Crippen LogP contribution in [0.1, 0.15) is 5.76 Å². The molecule has 0 aliphatic rings. The summed E-state index contributed by atoms with van der Waals surface area (Å²) in [5.74, 6) is 0.393. The maximum atomic E-state index is 11.7. The van der Waals surface area contributed by atoms with Crippen LogP contribution < -0.4 is 5.76 Å². The number of aryl methyl sites for hydroxylation is 1. The molecule has 0 fully saturated rings. The van der Waals surface area contributed by atoms with Gasteiger partial charge in [0.05, 0.1) is 0 Å². The number of furan rings is 1. The summed E-state index contributed by atoms with van der Waals surface area (Å²) < 4.78 is 13.8. The molecule has 28 heavy (non-hydrogen) atoms. The number of rotatable bonds is 4. The van der Waals surface area contributed by atoms with E-state index in [1.807, 2.05) is 36.4 Å². The molecule has 4 rings (SSSR count). The first-order valence-electron chi connectivity index (χ1n) is 8.47. The Bertz CT molecular complexity index is 1320. The Kier molecular flexibility index (Phi) is 5.55. The number of hydrogen-bond acceptors (Lipinski definition) is 5. The van der Waals surface area contributed by atoms with Crippen LogP contribution in [0.4, 0.5) is 0 Å². The number of aromatic nitrogens is 1. The number of oxazole rings is 1. The Morgan fingerprint density at radius 1 is 1.14 bits per heavy atom. The van der Waals surface area contributed by atoms with Crippen molar-refractivity contribution in [1.29, 1.82) is 5.26 Å². The molecule has 2 aromatic heterocycles. The van der Waals surface area contributed by atoms with Gasteiger partial charge in [0.25, 0.3) is 0 Å². The summed E-state index contributed by atoms with van der Waals surface area (Å²) in [5, 5.41) is 10.3. The van der Waals surface area contributed by atoms with Gasteiger partial charge in [0.15, 0.2) is 5.58 Å². The van der Waals surface area contributed by atoms with Crippen LogP contribution in [0.3, 0.4) is 0 Å².